The molecule has 3 rings (SSSR count). The van der Waals surface area contributed by atoms with Crippen LogP contribution in [0.2, 0.25) is 0 Å². The number of carbonyl (C=O) groups is 2. The van der Waals surface area contributed by atoms with E-state index in [4.69, 9.17) is 0 Å². The highest BCUT2D eigenvalue weighted by Crippen LogP contribution is 2.26. The number of nitrogens with zero attached hydrogens (tertiary/aromatic N) is 1. The predicted molar refractivity (Wildman–Crippen MR) is 111 cm³/mol. The number of rotatable bonds is 5. The quantitative estimate of drug-likeness (QED) is 0.792. The van der Waals surface area contributed by atoms with E-state index >= 15 is 0 Å². The Morgan fingerprint density at radius 3 is 2.41 bits per heavy atom. The molecular weight excluding hydrogens is 369 g/mol. The van der Waals surface area contributed by atoms with Crippen molar-refractivity contribution in [2.24, 2.45) is 5.41 Å². The van der Waals surface area contributed by atoms with Gasteiger partial charge in [-0.15, -0.1) is 0 Å². The third-order valence-electron chi connectivity index (χ3n) is 5.13. The largest absolute Gasteiger partial charge is 0.351 e. The Kier molecular flexibility index (Phi) is 6.01. The van der Waals surface area contributed by atoms with Crippen LogP contribution in [0.25, 0.3) is 11.3 Å². The zero-order valence-corrected chi connectivity index (χ0v) is 17.4. The SMILES string of the molecule is Cc1c(F)cc(C(=O)NC2CCC2)cc1-c1ccc(C(=O)NCC(C)(C)C)cn1. The van der Waals surface area contributed by atoms with Gasteiger partial charge in [0.2, 0.25) is 0 Å². The first-order chi connectivity index (χ1) is 13.6. The fourth-order valence-corrected chi connectivity index (χ4v) is 3.03. The van der Waals surface area contributed by atoms with E-state index in [0.29, 0.717) is 28.9 Å². The minimum atomic E-state index is -0.449. The molecule has 5 nitrogen and oxygen atoms in total. The fraction of sp³-hybridized carbons (Fsp3) is 0.435. The lowest BCUT2D eigenvalue weighted by Crippen LogP contribution is -2.39. The van der Waals surface area contributed by atoms with E-state index in [9.17, 15) is 14.0 Å². The normalized spacial score (nSPS) is 14.2. The van der Waals surface area contributed by atoms with Crippen LogP contribution in [-0.2, 0) is 0 Å². The van der Waals surface area contributed by atoms with E-state index in [-0.39, 0.29) is 28.8 Å². The smallest absolute Gasteiger partial charge is 0.252 e. The van der Waals surface area contributed by atoms with Gasteiger partial charge >= 0.3 is 0 Å². The van der Waals surface area contributed by atoms with Gasteiger partial charge in [-0.2, -0.15) is 0 Å². The van der Waals surface area contributed by atoms with E-state index in [1.165, 1.54) is 12.3 Å². The van der Waals surface area contributed by atoms with Gasteiger partial charge in [0.1, 0.15) is 5.82 Å². The predicted octanol–water partition coefficient (Wildman–Crippen LogP) is 4.25. The molecule has 2 amide bonds. The van der Waals surface area contributed by atoms with Crippen LogP contribution >= 0.6 is 0 Å². The van der Waals surface area contributed by atoms with Crippen LogP contribution in [-0.4, -0.2) is 29.4 Å². The molecule has 0 unspecified atom stereocenters. The number of benzene rings is 1. The number of nitrogens with one attached hydrogen (secondary N) is 2. The van der Waals surface area contributed by atoms with Crippen LogP contribution in [0.3, 0.4) is 0 Å². The standard InChI is InChI=1S/C23H28FN3O2/c1-14-18(10-16(11-19(14)24)22(29)27-17-6-5-7-17)20-9-8-15(12-25-20)21(28)26-13-23(2,3)4/h8-12,17H,5-7,13H2,1-4H3,(H,26,28)(H,27,29). The first-order valence-corrected chi connectivity index (χ1v) is 10.00. The van der Waals surface area contributed by atoms with Gasteiger partial charge in [-0.05, 0) is 61.4 Å². The monoisotopic (exact) mass is 397 g/mol. The van der Waals surface area contributed by atoms with Gasteiger partial charge in [0.05, 0.1) is 11.3 Å². The summed E-state index contributed by atoms with van der Waals surface area (Å²) in [6, 6.07) is 6.45. The molecule has 0 bridgehead atoms. The number of hydrogen-bond acceptors (Lipinski definition) is 3. The highest BCUT2D eigenvalue weighted by Gasteiger charge is 2.22. The summed E-state index contributed by atoms with van der Waals surface area (Å²) in [6.07, 6.45) is 4.52. The highest BCUT2D eigenvalue weighted by molar-refractivity contribution is 5.96. The van der Waals surface area contributed by atoms with E-state index in [0.717, 1.165) is 19.3 Å². The lowest BCUT2D eigenvalue weighted by molar-refractivity contribution is 0.0914. The van der Waals surface area contributed by atoms with Gasteiger partial charge in [-0.25, -0.2) is 4.39 Å². The molecule has 1 aromatic heterocycles. The highest BCUT2D eigenvalue weighted by atomic mass is 19.1. The summed E-state index contributed by atoms with van der Waals surface area (Å²) < 4.78 is 14.5. The van der Waals surface area contributed by atoms with Crippen molar-refractivity contribution in [1.29, 1.82) is 0 Å². The van der Waals surface area contributed by atoms with Crippen molar-refractivity contribution in [2.45, 2.75) is 53.0 Å². The summed E-state index contributed by atoms with van der Waals surface area (Å²) in [4.78, 5) is 29.1. The number of pyridine rings is 1. The van der Waals surface area contributed by atoms with Gasteiger partial charge in [-0.1, -0.05) is 20.8 Å². The van der Waals surface area contributed by atoms with Gasteiger partial charge in [0.15, 0.2) is 0 Å². The Morgan fingerprint density at radius 2 is 1.86 bits per heavy atom. The molecule has 6 heteroatoms. The second kappa shape index (κ2) is 8.31. The average Bonchev–Trinajstić information content (AvgIpc) is 2.64. The minimum Gasteiger partial charge on any atom is -0.351 e. The second-order valence-corrected chi connectivity index (χ2v) is 8.91. The van der Waals surface area contributed by atoms with Crippen molar-refractivity contribution >= 4 is 11.8 Å². The Hall–Kier alpha value is -2.76. The van der Waals surface area contributed by atoms with Crippen LogP contribution in [0.4, 0.5) is 4.39 Å². The van der Waals surface area contributed by atoms with Gasteiger partial charge < -0.3 is 10.6 Å². The van der Waals surface area contributed by atoms with E-state index in [1.807, 2.05) is 20.8 Å². The Balaban J connectivity index is 1.80. The number of amides is 2. The molecule has 0 radical (unpaired) electrons. The van der Waals surface area contributed by atoms with Crippen LogP contribution in [0, 0.1) is 18.2 Å². The molecule has 0 spiro atoms. The maximum Gasteiger partial charge on any atom is 0.252 e. The van der Waals surface area contributed by atoms with Crippen LogP contribution in [0.5, 0.6) is 0 Å². The first kappa shape index (κ1) is 21.0. The molecule has 0 aliphatic heterocycles. The van der Waals surface area contributed by atoms with Crippen molar-refractivity contribution < 1.29 is 14.0 Å². The zero-order valence-electron chi connectivity index (χ0n) is 17.4. The summed E-state index contributed by atoms with van der Waals surface area (Å²) in [7, 11) is 0. The van der Waals surface area contributed by atoms with E-state index in [2.05, 4.69) is 15.6 Å². The maximum atomic E-state index is 14.5. The summed E-state index contributed by atoms with van der Waals surface area (Å²) in [6.45, 7) is 8.33. The molecule has 2 aromatic rings. The van der Waals surface area contributed by atoms with E-state index in [1.54, 1.807) is 25.1 Å². The molecular formula is C23H28FN3O2. The number of aromatic nitrogens is 1. The summed E-state index contributed by atoms with van der Waals surface area (Å²) in [5, 5.41) is 5.81. The van der Waals surface area contributed by atoms with Crippen molar-refractivity contribution in [3.63, 3.8) is 0 Å². The minimum absolute atomic E-state index is 0.0157. The van der Waals surface area contributed by atoms with Gasteiger partial charge in [0, 0.05) is 29.9 Å². The van der Waals surface area contributed by atoms with Crippen molar-refractivity contribution in [1.82, 2.24) is 15.6 Å². The van der Waals surface area contributed by atoms with Crippen LogP contribution in [0.1, 0.15) is 66.3 Å². The Labute approximate surface area is 171 Å². The molecule has 1 aromatic carbocycles. The number of halogens is 1. The summed E-state index contributed by atoms with van der Waals surface area (Å²) >= 11 is 0. The average molecular weight is 397 g/mol. The molecule has 0 atom stereocenters. The maximum absolute atomic E-state index is 14.5. The third-order valence-corrected chi connectivity index (χ3v) is 5.13. The topological polar surface area (TPSA) is 71.1 Å². The molecule has 1 aliphatic rings. The Morgan fingerprint density at radius 1 is 1.14 bits per heavy atom. The number of carbonyl (C=O) groups excluding carboxylic acids is 2. The fourth-order valence-electron chi connectivity index (χ4n) is 3.03. The Bertz CT molecular complexity index is 913. The summed E-state index contributed by atoms with van der Waals surface area (Å²) in [5.74, 6) is -0.918. The van der Waals surface area contributed by atoms with Crippen LogP contribution < -0.4 is 10.6 Å². The van der Waals surface area contributed by atoms with Gasteiger partial charge in [0.25, 0.3) is 11.8 Å². The molecule has 1 aliphatic carbocycles. The van der Waals surface area contributed by atoms with E-state index < -0.39 is 5.82 Å². The lowest BCUT2D eigenvalue weighted by Gasteiger charge is -2.26. The van der Waals surface area contributed by atoms with Crippen molar-refractivity contribution in [2.75, 3.05) is 6.54 Å². The zero-order chi connectivity index (χ0) is 21.2. The number of hydrogen-bond donors (Lipinski definition) is 2. The molecule has 29 heavy (non-hydrogen) atoms. The van der Waals surface area contributed by atoms with Crippen LogP contribution in [0.15, 0.2) is 30.5 Å². The molecule has 0 saturated heterocycles. The summed E-state index contributed by atoms with van der Waals surface area (Å²) in [5.41, 5.74) is 2.19. The molecule has 1 fully saturated rings. The first-order valence-electron chi connectivity index (χ1n) is 10.00. The molecule has 1 heterocycles. The van der Waals surface area contributed by atoms with Crippen molar-refractivity contribution in [3.8, 4) is 11.3 Å². The molecule has 1 saturated carbocycles. The lowest BCUT2D eigenvalue weighted by atomic mass is 9.92. The second-order valence-electron chi connectivity index (χ2n) is 8.91. The van der Waals surface area contributed by atoms with Gasteiger partial charge in [-0.3, -0.25) is 14.6 Å². The third kappa shape index (κ3) is 5.19. The van der Waals surface area contributed by atoms with Crippen molar-refractivity contribution in [3.05, 3.63) is 53.0 Å². The molecule has 154 valence electrons. The molecule has 2 N–H and O–H groups in total.